The van der Waals surface area contributed by atoms with Crippen LogP contribution in [0.1, 0.15) is 36.8 Å². The Morgan fingerprint density at radius 1 is 0.906 bits per heavy atom. The molecule has 0 heterocycles. The van der Waals surface area contributed by atoms with E-state index in [-0.39, 0.29) is 41.7 Å². The summed E-state index contributed by atoms with van der Waals surface area (Å²) in [7, 11) is -4.14. The van der Waals surface area contributed by atoms with Gasteiger partial charge in [0, 0.05) is 0 Å². The van der Waals surface area contributed by atoms with Crippen molar-refractivity contribution in [2.45, 2.75) is 35.3 Å². The van der Waals surface area contributed by atoms with Crippen LogP contribution in [0.3, 0.4) is 0 Å². The highest BCUT2D eigenvalue weighted by Gasteiger charge is 2.49. The smallest absolute Gasteiger partial charge is 0.341 e. The van der Waals surface area contributed by atoms with Gasteiger partial charge in [0.1, 0.15) is 16.1 Å². The molecule has 170 valence electrons. The Bertz CT molecular complexity index is 1160. The van der Waals surface area contributed by atoms with Crippen LogP contribution in [-0.2, 0) is 24.2 Å². The maximum Gasteiger partial charge on any atom is 0.341 e. The van der Waals surface area contributed by atoms with Crippen molar-refractivity contribution in [2.24, 2.45) is 5.92 Å². The van der Waals surface area contributed by atoms with Crippen molar-refractivity contribution >= 4 is 27.3 Å². The quantitative estimate of drug-likeness (QED) is 0.479. The van der Waals surface area contributed by atoms with Crippen LogP contribution in [0.5, 0.6) is 0 Å². The third-order valence-corrected chi connectivity index (χ3v) is 8.45. The SMILES string of the molecule is O=C(O)C(=C(F)F)c1ccc(C2(S(=O)(=O)c3ccc(F)cc3)CCC(C(=O)O)CC2)cc1. The summed E-state index contributed by atoms with van der Waals surface area (Å²) in [6, 6.07) is 8.97. The molecule has 0 aromatic heterocycles. The Hall–Kier alpha value is -3.14. The molecule has 0 aliphatic heterocycles. The fourth-order valence-electron chi connectivity index (χ4n) is 4.14. The van der Waals surface area contributed by atoms with E-state index < -0.39 is 49.9 Å². The van der Waals surface area contributed by atoms with Crippen molar-refractivity contribution in [3.8, 4) is 0 Å². The van der Waals surface area contributed by atoms with Gasteiger partial charge in [-0.15, -0.1) is 0 Å². The zero-order valence-corrected chi connectivity index (χ0v) is 17.4. The summed E-state index contributed by atoms with van der Waals surface area (Å²) in [5.41, 5.74) is -1.27. The molecular weight excluding hydrogens is 449 g/mol. The highest BCUT2D eigenvalue weighted by Crippen LogP contribution is 2.48. The zero-order chi connectivity index (χ0) is 23.7. The predicted octanol–water partition coefficient (Wildman–Crippen LogP) is 4.46. The first-order chi connectivity index (χ1) is 15.0. The van der Waals surface area contributed by atoms with Gasteiger partial charge in [-0.1, -0.05) is 24.3 Å². The summed E-state index contributed by atoms with van der Waals surface area (Å²) in [6.07, 6.45) is -2.36. The van der Waals surface area contributed by atoms with E-state index in [1.165, 1.54) is 12.1 Å². The summed E-state index contributed by atoms with van der Waals surface area (Å²) in [4.78, 5) is 22.4. The molecular formula is C22H19F3O6S. The first-order valence-electron chi connectivity index (χ1n) is 9.62. The van der Waals surface area contributed by atoms with Gasteiger partial charge < -0.3 is 10.2 Å². The van der Waals surface area contributed by atoms with E-state index in [0.717, 1.165) is 36.4 Å². The lowest BCUT2D eigenvalue weighted by molar-refractivity contribution is -0.143. The minimum Gasteiger partial charge on any atom is -0.481 e. The average molecular weight is 468 g/mol. The maximum absolute atomic E-state index is 13.6. The zero-order valence-electron chi connectivity index (χ0n) is 16.6. The maximum atomic E-state index is 13.6. The Morgan fingerprint density at radius 2 is 1.44 bits per heavy atom. The number of rotatable bonds is 6. The first-order valence-corrected chi connectivity index (χ1v) is 11.1. The van der Waals surface area contributed by atoms with Crippen molar-refractivity contribution < 1.29 is 41.4 Å². The molecule has 2 N–H and O–H groups in total. The highest BCUT2D eigenvalue weighted by molar-refractivity contribution is 7.92. The lowest BCUT2D eigenvalue weighted by Gasteiger charge is -2.39. The summed E-state index contributed by atoms with van der Waals surface area (Å²) in [6.45, 7) is 0. The second-order valence-corrected chi connectivity index (χ2v) is 9.84. The molecule has 32 heavy (non-hydrogen) atoms. The monoisotopic (exact) mass is 468 g/mol. The second kappa shape index (κ2) is 8.78. The van der Waals surface area contributed by atoms with Crippen molar-refractivity contribution in [1.82, 2.24) is 0 Å². The molecule has 0 bridgehead atoms. The van der Waals surface area contributed by atoms with Gasteiger partial charge in [0.05, 0.1) is 10.8 Å². The van der Waals surface area contributed by atoms with E-state index in [1.54, 1.807) is 0 Å². The topological polar surface area (TPSA) is 109 Å². The van der Waals surface area contributed by atoms with Crippen molar-refractivity contribution in [3.63, 3.8) is 0 Å². The van der Waals surface area contributed by atoms with Crippen molar-refractivity contribution in [3.05, 3.63) is 71.6 Å². The second-order valence-electron chi connectivity index (χ2n) is 7.58. The number of hydrogen-bond donors (Lipinski definition) is 2. The number of carbonyl (C=O) groups is 2. The van der Waals surface area contributed by atoms with Gasteiger partial charge in [0.25, 0.3) is 6.08 Å². The Balaban J connectivity index is 2.12. The molecule has 0 amide bonds. The molecule has 0 atom stereocenters. The van der Waals surface area contributed by atoms with Gasteiger partial charge in [-0.05, 0) is 61.1 Å². The van der Waals surface area contributed by atoms with Crippen molar-refractivity contribution in [1.29, 1.82) is 0 Å². The number of aliphatic carboxylic acids is 2. The molecule has 0 saturated heterocycles. The minimum absolute atomic E-state index is 0.0535. The summed E-state index contributed by atoms with van der Waals surface area (Å²) in [5, 5.41) is 18.3. The van der Waals surface area contributed by atoms with Crippen LogP contribution in [0.4, 0.5) is 13.2 Å². The minimum atomic E-state index is -4.14. The molecule has 0 unspecified atom stereocenters. The van der Waals surface area contributed by atoms with Crippen LogP contribution in [0.15, 0.2) is 59.5 Å². The van der Waals surface area contributed by atoms with Crippen molar-refractivity contribution in [2.75, 3.05) is 0 Å². The van der Waals surface area contributed by atoms with E-state index in [4.69, 9.17) is 5.11 Å². The van der Waals surface area contributed by atoms with Gasteiger partial charge in [0.2, 0.25) is 0 Å². The molecule has 1 saturated carbocycles. The molecule has 10 heteroatoms. The molecule has 0 radical (unpaired) electrons. The Morgan fingerprint density at radius 3 is 1.88 bits per heavy atom. The molecule has 0 spiro atoms. The first kappa shape index (κ1) is 23.5. The third kappa shape index (κ3) is 4.14. The molecule has 3 rings (SSSR count). The molecule has 1 aliphatic rings. The molecule has 1 aliphatic carbocycles. The third-order valence-electron chi connectivity index (χ3n) is 5.88. The van der Waals surface area contributed by atoms with Crippen LogP contribution in [-0.4, -0.2) is 30.6 Å². The van der Waals surface area contributed by atoms with E-state index in [2.05, 4.69) is 0 Å². The van der Waals surface area contributed by atoms with Crippen LogP contribution < -0.4 is 0 Å². The lowest BCUT2D eigenvalue weighted by Crippen LogP contribution is -2.41. The van der Waals surface area contributed by atoms with E-state index >= 15 is 0 Å². The number of carboxylic acid groups (broad SMARTS) is 2. The Kier molecular flexibility index (Phi) is 6.45. The number of halogens is 3. The number of sulfone groups is 1. The number of carboxylic acids is 2. The predicted molar refractivity (Wildman–Crippen MR) is 108 cm³/mol. The van der Waals surface area contributed by atoms with Crippen LogP contribution >= 0.6 is 0 Å². The summed E-state index contributed by atoms with van der Waals surface area (Å²) < 4.78 is 65.1. The molecule has 2 aromatic carbocycles. The molecule has 2 aromatic rings. The van der Waals surface area contributed by atoms with Gasteiger partial charge in [-0.3, -0.25) is 4.79 Å². The largest absolute Gasteiger partial charge is 0.481 e. The van der Waals surface area contributed by atoms with Gasteiger partial charge in [-0.25, -0.2) is 17.6 Å². The van der Waals surface area contributed by atoms with Crippen LogP contribution in [0.25, 0.3) is 5.57 Å². The van der Waals surface area contributed by atoms with Gasteiger partial charge in [0.15, 0.2) is 9.84 Å². The molecule has 1 fully saturated rings. The fraction of sp³-hybridized carbons (Fsp3) is 0.273. The average Bonchev–Trinajstić information content (AvgIpc) is 2.74. The van der Waals surface area contributed by atoms with E-state index in [1.807, 2.05) is 0 Å². The fourth-order valence-corrected chi connectivity index (χ4v) is 6.30. The van der Waals surface area contributed by atoms with Crippen LogP contribution in [0.2, 0.25) is 0 Å². The Labute approximate surface area is 181 Å². The van der Waals surface area contributed by atoms with Gasteiger partial charge in [-0.2, -0.15) is 8.78 Å². The number of hydrogen-bond acceptors (Lipinski definition) is 4. The van der Waals surface area contributed by atoms with Crippen LogP contribution in [0, 0.1) is 11.7 Å². The number of benzene rings is 2. The summed E-state index contributed by atoms with van der Waals surface area (Å²) in [5.74, 6) is -4.22. The molecule has 6 nitrogen and oxygen atoms in total. The van der Waals surface area contributed by atoms with E-state index in [9.17, 15) is 36.3 Å². The standard InChI is InChI=1S/C22H19F3O6S/c23-16-5-7-17(8-6-16)32(30,31)22(11-9-14(10-12-22)20(26)27)15-3-1-13(2-4-15)18(19(24)25)21(28)29/h1-8,14H,9-12H2,(H,26,27)(H,28,29). The van der Waals surface area contributed by atoms with Gasteiger partial charge >= 0.3 is 11.9 Å². The van der Waals surface area contributed by atoms with E-state index in [0.29, 0.717) is 0 Å². The lowest BCUT2D eigenvalue weighted by atomic mass is 9.77. The normalized spacial score (nSPS) is 21.0. The summed E-state index contributed by atoms with van der Waals surface area (Å²) >= 11 is 0. The highest BCUT2D eigenvalue weighted by atomic mass is 32.2.